The predicted molar refractivity (Wildman–Crippen MR) is 84.1 cm³/mol. The maximum Gasteiger partial charge on any atom is 0.241 e. The summed E-state index contributed by atoms with van der Waals surface area (Å²) in [7, 11) is -3.49. The zero-order valence-corrected chi connectivity index (χ0v) is 13.5. The second-order valence-corrected chi connectivity index (χ2v) is 7.08. The molecule has 1 unspecified atom stereocenters. The summed E-state index contributed by atoms with van der Waals surface area (Å²) in [5, 5.41) is 0. The standard InChI is InChI=1S/C15H26N2O2S/c1-4-5-6-7-8-13(3)17-20(18,19)15-11-14(16)10-9-12(15)2/h9-11,13,17H,4-8,16H2,1-3H3. The number of aryl methyl sites for hydroxylation is 1. The van der Waals surface area contributed by atoms with Crippen molar-refractivity contribution in [3.63, 3.8) is 0 Å². The minimum atomic E-state index is -3.49. The van der Waals surface area contributed by atoms with Gasteiger partial charge in [-0.3, -0.25) is 0 Å². The molecule has 1 atom stereocenters. The van der Waals surface area contributed by atoms with E-state index >= 15 is 0 Å². The van der Waals surface area contributed by atoms with Crippen molar-refractivity contribution in [3.05, 3.63) is 23.8 Å². The smallest absolute Gasteiger partial charge is 0.241 e. The minimum Gasteiger partial charge on any atom is -0.399 e. The van der Waals surface area contributed by atoms with Crippen LogP contribution in [0.1, 0.15) is 51.5 Å². The Morgan fingerprint density at radius 1 is 1.25 bits per heavy atom. The van der Waals surface area contributed by atoms with Crippen LogP contribution in [0.4, 0.5) is 5.69 Å². The molecular formula is C15H26N2O2S. The van der Waals surface area contributed by atoms with E-state index in [0.717, 1.165) is 19.3 Å². The van der Waals surface area contributed by atoms with E-state index in [4.69, 9.17) is 5.73 Å². The molecule has 0 aliphatic carbocycles. The Morgan fingerprint density at radius 2 is 1.95 bits per heavy atom. The first kappa shape index (κ1) is 17.0. The van der Waals surface area contributed by atoms with Gasteiger partial charge in [0.15, 0.2) is 0 Å². The van der Waals surface area contributed by atoms with Gasteiger partial charge >= 0.3 is 0 Å². The van der Waals surface area contributed by atoms with E-state index in [-0.39, 0.29) is 10.9 Å². The predicted octanol–water partition coefficient (Wildman–Crippen LogP) is 3.21. The molecule has 0 aliphatic heterocycles. The molecule has 4 nitrogen and oxygen atoms in total. The maximum atomic E-state index is 12.3. The molecule has 0 fully saturated rings. The molecular weight excluding hydrogens is 272 g/mol. The van der Waals surface area contributed by atoms with Gasteiger partial charge in [-0.15, -0.1) is 0 Å². The Bertz CT molecular complexity index is 527. The monoisotopic (exact) mass is 298 g/mol. The average molecular weight is 298 g/mol. The molecule has 1 rings (SSSR count). The Labute approximate surface area is 122 Å². The SMILES string of the molecule is CCCCCCC(C)NS(=O)(=O)c1cc(N)ccc1C. The van der Waals surface area contributed by atoms with Crippen LogP contribution in [0.15, 0.2) is 23.1 Å². The van der Waals surface area contributed by atoms with Gasteiger partial charge in [0.1, 0.15) is 0 Å². The summed E-state index contributed by atoms with van der Waals surface area (Å²) in [5.74, 6) is 0. The average Bonchev–Trinajstić information content (AvgIpc) is 2.37. The van der Waals surface area contributed by atoms with Crippen molar-refractivity contribution in [1.29, 1.82) is 0 Å². The third-order valence-electron chi connectivity index (χ3n) is 3.35. The summed E-state index contributed by atoms with van der Waals surface area (Å²) in [6.07, 6.45) is 5.45. The summed E-state index contributed by atoms with van der Waals surface area (Å²) in [4.78, 5) is 0.276. The largest absolute Gasteiger partial charge is 0.399 e. The summed E-state index contributed by atoms with van der Waals surface area (Å²) in [5.41, 5.74) is 6.85. The lowest BCUT2D eigenvalue weighted by Gasteiger charge is -2.15. The van der Waals surface area contributed by atoms with E-state index in [0.29, 0.717) is 11.3 Å². The number of hydrogen-bond acceptors (Lipinski definition) is 3. The Hall–Kier alpha value is -1.07. The van der Waals surface area contributed by atoms with Crippen LogP contribution in [0.3, 0.4) is 0 Å². The van der Waals surface area contributed by atoms with E-state index < -0.39 is 10.0 Å². The highest BCUT2D eigenvalue weighted by atomic mass is 32.2. The number of nitrogen functional groups attached to an aromatic ring is 1. The molecule has 0 aromatic heterocycles. The van der Waals surface area contributed by atoms with Gasteiger partial charge in [0.2, 0.25) is 10.0 Å². The number of nitrogens with two attached hydrogens (primary N) is 1. The quantitative estimate of drug-likeness (QED) is 0.572. The van der Waals surface area contributed by atoms with Crippen LogP contribution >= 0.6 is 0 Å². The Morgan fingerprint density at radius 3 is 2.60 bits per heavy atom. The van der Waals surface area contributed by atoms with E-state index in [1.54, 1.807) is 19.1 Å². The molecule has 20 heavy (non-hydrogen) atoms. The molecule has 0 radical (unpaired) electrons. The van der Waals surface area contributed by atoms with Crippen LogP contribution in [0.25, 0.3) is 0 Å². The highest BCUT2D eigenvalue weighted by Crippen LogP contribution is 2.19. The van der Waals surface area contributed by atoms with Crippen molar-refractivity contribution in [2.75, 3.05) is 5.73 Å². The van der Waals surface area contributed by atoms with Crippen molar-refractivity contribution >= 4 is 15.7 Å². The highest BCUT2D eigenvalue weighted by Gasteiger charge is 2.19. The van der Waals surface area contributed by atoms with Gasteiger partial charge < -0.3 is 5.73 Å². The zero-order chi connectivity index (χ0) is 15.2. The topological polar surface area (TPSA) is 72.2 Å². The highest BCUT2D eigenvalue weighted by molar-refractivity contribution is 7.89. The number of sulfonamides is 1. The molecule has 1 aromatic rings. The van der Waals surface area contributed by atoms with Gasteiger partial charge in [-0.05, 0) is 38.0 Å². The fraction of sp³-hybridized carbons (Fsp3) is 0.600. The Kier molecular flexibility index (Phi) is 6.49. The van der Waals surface area contributed by atoms with Gasteiger partial charge in [0.25, 0.3) is 0 Å². The van der Waals surface area contributed by atoms with Crippen LogP contribution in [-0.4, -0.2) is 14.5 Å². The second kappa shape index (κ2) is 7.64. The van der Waals surface area contributed by atoms with Crippen LogP contribution < -0.4 is 10.5 Å². The molecule has 0 saturated heterocycles. The number of rotatable bonds is 8. The summed E-state index contributed by atoms with van der Waals surface area (Å²) < 4.78 is 27.4. The molecule has 1 aromatic carbocycles. The van der Waals surface area contributed by atoms with Gasteiger partial charge in [-0.1, -0.05) is 38.7 Å². The molecule has 0 spiro atoms. The van der Waals surface area contributed by atoms with Gasteiger partial charge in [0, 0.05) is 11.7 Å². The normalized spacial score (nSPS) is 13.3. The molecule has 0 bridgehead atoms. The van der Waals surface area contributed by atoms with Crippen molar-refractivity contribution in [2.45, 2.75) is 63.8 Å². The van der Waals surface area contributed by atoms with Crippen LogP contribution in [0, 0.1) is 6.92 Å². The summed E-state index contributed by atoms with van der Waals surface area (Å²) >= 11 is 0. The van der Waals surface area contributed by atoms with Gasteiger partial charge in [-0.25, -0.2) is 13.1 Å². The lowest BCUT2D eigenvalue weighted by Crippen LogP contribution is -2.33. The molecule has 114 valence electrons. The number of hydrogen-bond donors (Lipinski definition) is 2. The molecule has 5 heteroatoms. The summed E-state index contributed by atoms with van der Waals surface area (Å²) in [6.45, 7) is 5.85. The molecule has 3 N–H and O–H groups in total. The molecule has 0 saturated carbocycles. The molecule has 0 amide bonds. The lowest BCUT2D eigenvalue weighted by atomic mass is 10.1. The van der Waals surface area contributed by atoms with Gasteiger partial charge in [0.05, 0.1) is 4.90 Å². The lowest BCUT2D eigenvalue weighted by molar-refractivity contribution is 0.521. The third-order valence-corrected chi connectivity index (χ3v) is 5.08. The number of unbranched alkanes of at least 4 members (excludes halogenated alkanes) is 3. The van der Waals surface area contributed by atoms with Crippen LogP contribution in [0.2, 0.25) is 0 Å². The van der Waals surface area contributed by atoms with Crippen molar-refractivity contribution in [3.8, 4) is 0 Å². The fourth-order valence-corrected chi connectivity index (χ4v) is 3.73. The number of anilines is 1. The minimum absolute atomic E-state index is 0.0577. The van der Waals surface area contributed by atoms with E-state index in [2.05, 4.69) is 11.6 Å². The number of benzene rings is 1. The van der Waals surface area contributed by atoms with Crippen molar-refractivity contribution in [2.24, 2.45) is 0 Å². The second-order valence-electron chi connectivity index (χ2n) is 5.40. The maximum absolute atomic E-state index is 12.3. The van der Waals surface area contributed by atoms with Crippen molar-refractivity contribution in [1.82, 2.24) is 4.72 Å². The first-order chi connectivity index (χ1) is 9.36. The zero-order valence-electron chi connectivity index (χ0n) is 12.6. The van der Waals surface area contributed by atoms with Gasteiger partial charge in [-0.2, -0.15) is 0 Å². The molecule has 0 aliphatic rings. The van der Waals surface area contributed by atoms with Crippen molar-refractivity contribution < 1.29 is 8.42 Å². The third kappa shape index (κ3) is 5.13. The van der Waals surface area contributed by atoms with E-state index in [1.807, 2.05) is 6.92 Å². The van der Waals surface area contributed by atoms with E-state index in [1.165, 1.54) is 18.9 Å². The first-order valence-corrected chi connectivity index (χ1v) is 8.73. The van der Waals surface area contributed by atoms with E-state index in [9.17, 15) is 8.42 Å². The van der Waals surface area contributed by atoms with Crippen LogP contribution in [-0.2, 0) is 10.0 Å². The van der Waals surface area contributed by atoms with Crippen LogP contribution in [0.5, 0.6) is 0 Å². The Balaban J connectivity index is 2.67. The first-order valence-electron chi connectivity index (χ1n) is 7.25. The number of nitrogens with one attached hydrogen (secondary N) is 1. The summed E-state index contributed by atoms with van der Waals surface area (Å²) in [6, 6.07) is 4.90. The molecule has 0 heterocycles. The fourth-order valence-electron chi connectivity index (χ4n) is 2.17.